The van der Waals surface area contributed by atoms with Crippen molar-refractivity contribution in [3.8, 4) is 12.3 Å². The van der Waals surface area contributed by atoms with Crippen molar-refractivity contribution in [3.05, 3.63) is 0 Å². The molecule has 0 radical (unpaired) electrons. The third kappa shape index (κ3) is 1.76. The fourth-order valence-electron chi connectivity index (χ4n) is 1.90. The lowest BCUT2D eigenvalue weighted by Gasteiger charge is -2.36. The van der Waals surface area contributed by atoms with Crippen molar-refractivity contribution in [1.29, 1.82) is 0 Å². The number of carbonyl (C=O) groups is 1. The Morgan fingerprint density at radius 3 is 2.43 bits per heavy atom. The maximum absolute atomic E-state index is 11.0. The highest BCUT2D eigenvalue weighted by Gasteiger charge is 2.49. The van der Waals surface area contributed by atoms with Crippen LogP contribution in [0.15, 0.2) is 0 Å². The van der Waals surface area contributed by atoms with Crippen molar-refractivity contribution < 1.29 is 9.63 Å². The number of hydrogen-bond donors (Lipinski definition) is 0. The molecule has 0 aromatic carbocycles. The number of hydrogen-bond acceptors (Lipinski definition) is 3. The molecule has 1 saturated heterocycles. The zero-order valence-corrected chi connectivity index (χ0v) is 9.26. The van der Waals surface area contributed by atoms with E-state index in [-0.39, 0.29) is 11.5 Å². The Labute approximate surface area is 85.4 Å². The summed E-state index contributed by atoms with van der Waals surface area (Å²) in [5.41, 5.74) is -0.637. The van der Waals surface area contributed by atoms with Crippen LogP contribution in [0.25, 0.3) is 0 Å². The molecule has 1 unspecified atom stereocenters. The van der Waals surface area contributed by atoms with Crippen LogP contribution in [0.4, 0.5) is 0 Å². The zero-order valence-electron chi connectivity index (χ0n) is 9.26. The van der Waals surface area contributed by atoms with Crippen molar-refractivity contribution in [2.75, 3.05) is 0 Å². The summed E-state index contributed by atoms with van der Waals surface area (Å²) in [6, 6.07) is 0. The van der Waals surface area contributed by atoms with Gasteiger partial charge in [-0.15, -0.1) is 11.5 Å². The van der Waals surface area contributed by atoms with Gasteiger partial charge in [0.15, 0.2) is 0 Å². The SMILES string of the molecule is C#CC1(C)CCC(C)(C)N1OC(C)=O. The molecular weight excluding hydrogens is 178 g/mol. The van der Waals surface area contributed by atoms with Crippen LogP contribution in [0.3, 0.4) is 0 Å². The first-order valence-corrected chi connectivity index (χ1v) is 4.78. The van der Waals surface area contributed by atoms with E-state index in [1.165, 1.54) is 6.92 Å². The summed E-state index contributed by atoms with van der Waals surface area (Å²) in [4.78, 5) is 16.1. The molecule has 0 aliphatic carbocycles. The van der Waals surface area contributed by atoms with E-state index in [0.717, 1.165) is 12.8 Å². The third-order valence-corrected chi connectivity index (χ3v) is 2.75. The summed E-state index contributed by atoms with van der Waals surface area (Å²) in [5.74, 6) is 2.38. The molecule has 3 nitrogen and oxygen atoms in total. The molecule has 1 aliphatic rings. The predicted octanol–water partition coefficient (Wildman–Crippen LogP) is 1.73. The molecular formula is C11H17NO2. The predicted molar refractivity (Wildman–Crippen MR) is 54.2 cm³/mol. The van der Waals surface area contributed by atoms with Gasteiger partial charge in [0.05, 0.1) is 5.54 Å². The van der Waals surface area contributed by atoms with E-state index in [0.29, 0.717) is 0 Å². The van der Waals surface area contributed by atoms with Gasteiger partial charge < -0.3 is 4.84 Å². The van der Waals surface area contributed by atoms with Crippen LogP contribution in [0, 0.1) is 12.3 Å². The number of hydroxylamine groups is 2. The number of terminal acetylenes is 1. The highest BCUT2D eigenvalue weighted by Crippen LogP contribution is 2.40. The Balaban J connectivity index is 2.94. The average Bonchev–Trinajstić information content (AvgIpc) is 2.30. The molecule has 0 N–H and O–H groups in total. The van der Waals surface area contributed by atoms with Crippen molar-refractivity contribution in [2.24, 2.45) is 0 Å². The van der Waals surface area contributed by atoms with Gasteiger partial charge in [0.1, 0.15) is 5.54 Å². The van der Waals surface area contributed by atoms with Gasteiger partial charge >= 0.3 is 5.97 Å². The Bertz CT molecular complexity index is 290. The molecule has 0 aromatic rings. The van der Waals surface area contributed by atoms with Crippen LogP contribution in [-0.2, 0) is 9.63 Å². The largest absolute Gasteiger partial charge is 0.366 e. The molecule has 0 bridgehead atoms. The lowest BCUT2D eigenvalue weighted by Crippen LogP contribution is -2.49. The highest BCUT2D eigenvalue weighted by molar-refractivity contribution is 5.65. The first-order chi connectivity index (χ1) is 6.32. The number of nitrogens with zero attached hydrogens (tertiary/aromatic N) is 1. The minimum Gasteiger partial charge on any atom is -0.366 e. The molecule has 14 heavy (non-hydrogen) atoms. The van der Waals surface area contributed by atoms with Crippen LogP contribution >= 0.6 is 0 Å². The summed E-state index contributed by atoms with van der Waals surface area (Å²) < 4.78 is 0. The molecule has 1 rings (SSSR count). The van der Waals surface area contributed by atoms with Gasteiger partial charge in [0, 0.05) is 6.92 Å². The number of rotatable bonds is 1. The summed E-state index contributed by atoms with van der Waals surface area (Å²) in [7, 11) is 0. The third-order valence-electron chi connectivity index (χ3n) is 2.75. The monoisotopic (exact) mass is 195 g/mol. The van der Waals surface area contributed by atoms with Crippen LogP contribution in [-0.4, -0.2) is 22.1 Å². The topological polar surface area (TPSA) is 29.5 Å². The smallest absolute Gasteiger partial charge is 0.322 e. The van der Waals surface area contributed by atoms with Crippen LogP contribution < -0.4 is 0 Å². The van der Waals surface area contributed by atoms with Crippen LogP contribution in [0.2, 0.25) is 0 Å². The second-order valence-electron chi connectivity index (χ2n) is 4.61. The minimum atomic E-state index is -0.463. The molecule has 1 aliphatic heterocycles. The molecule has 78 valence electrons. The van der Waals surface area contributed by atoms with E-state index >= 15 is 0 Å². The Hall–Kier alpha value is -1.01. The maximum Gasteiger partial charge on any atom is 0.322 e. The first kappa shape index (κ1) is 11.1. The van der Waals surface area contributed by atoms with Gasteiger partial charge in [-0.05, 0) is 33.6 Å². The van der Waals surface area contributed by atoms with E-state index in [4.69, 9.17) is 11.3 Å². The van der Waals surface area contributed by atoms with Crippen molar-refractivity contribution in [2.45, 2.75) is 51.6 Å². The van der Waals surface area contributed by atoms with Gasteiger partial charge in [-0.2, -0.15) is 0 Å². The van der Waals surface area contributed by atoms with E-state index in [1.807, 2.05) is 20.8 Å². The van der Waals surface area contributed by atoms with E-state index in [1.54, 1.807) is 5.06 Å². The normalized spacial score (nSPS) is 31.1. The van der Waals surface area contributed by atoms with Gasteiger partial charge in [-0.25, -0.2) is 0 Å². The van der Waals surface area contributed by atoms with Crippen molar-refractivity contribution in [3.63, 3.8) is 0 Å². The Morgan fingerprint density at radius 1 is 1.43 bits per heavy atom. The second kappa shape index (κ2) is 3.29. The Morgan fingerprint density at radius 2 is 2.00 bits per heavy atom. The van der Waals surface area contributed by atoms with E-state index in [2.05, 4.69) is 5.92 Å². The van der Waals surface area contributed by atoms with Gasteiger partial charge in [-0.1, -0.05) is 5.92 Å². The Kier molecular flexibility index (Phi) is 2.60. The zero-order chi connectivity index (χ0) is 11.0. The second-order valence-corrected chi connectivity index (χ2v) is 4.61. The fraction of sp³-hybridized carbons (Fsp3) is 0.727. The van der Waals surface area contributed by atoms with Crippen molar-refractivity contribution >= 4 is 5.97 Å². The standard InChI is InChI=1S/C11H17NO2/c1-6-11(5)8-7-10(3,4)12(11)14-9(2)13/h1H,7-8H2,2-5H3. The highest BCUT2D eigenvalue weighted by atomic mass is 16.7. The van der Waals surface area contributed by atoms with Gasteiger partial charge in [0.2, 0.25) is 0 Å². The summed E-state index contributed by atoms with van der Waals surface area (Å²) in [5, 5.41) is 1.66. The molecule has 0 spiro atoms. The van der Waals surface area contributed by atoms with Gasteiger partial charge in [0.25, 0.3) is 0 Å². The van der Waals surface area contributed by atoms with Gasteiger partial charge in [-0.3, -0.25) is 4.79 Å². The van der Waals surface area contributed by atoms with Crippen LogP contribution in [0.5, 0.6) is 0 Å². The molecule has 0 amide bonds. The number of carbonyl (C=O) groups excluding carboxylic acids is 1. The van der Waals surface area contributed by atoms with E-state index < -0.39 is 5.54 Å². The maximum atomic E-state index is 11.0. The molecule has 1 heterocycles. The lowest BCUT2D eigenvalue weighted by molar-refractivity contribution is -0.225. The van der Waals surface area contributed by atoms with Crippen molar-refractivity contribution in [1.82, 2.24) is 5.06 Å². The average molecular weight is 195 g/mol. The molecule has 1 atom stereocenters. The van der Waals surface area contributed by atoms with E-state index in [9.17, 15) is 4.79 Å². The molecule has 3 heteroatoms. The molecule has 0 saturated carbocycles. The quantitative estimate of drug-likeness (QED) is 0.597. The molecule has 0 aromatic heterocycles. The minimum absolute atomic E-state index is 0.174. The summed E-state index contributed by atoms with van der Waals surface area (Å²) in [6.07, 6.45) is 7.25. The summed E-state index contributed by atoms with van der Waals surface area (Å²) in [6.45, 7) is 7.37. The lowest BCUT2D eigenvalue weighted by atomic mass is 10.0. The fourth-order valence-corrected chi connectivity index (χ4v) is 1.90. The first-order valence-electron chi connectivity index (χ1n) is 4.78. The summed E-state index contributed by atoms with van der Waals surface area (Å²) >= 11 is 0. The molecule has 1 fully saturated rings. The van der Waals surface area contributed by atoms with Crippen LogP contribution in [0.1, 0.15) is 40.5 Å².